The number of carbonyl (C=O) groups is 1. The topological polar surface area (TPSA) is 41.1 Å². The van der Waals surface area contributed by atoms with Gasteiger partial charge in [-0.2, -0.15) is 0 Å². The predicted molar refractivity (Wildman–Crippen MR) is 88.7 cm³/mol. The van der Waals surface area contributed by atoms with Crippen molar-refractivity contribution in [3.05, 3.63) is 48.0 Å². The SMILES string of the molecule is Cl.O=C(NCc1cccc2ccccc12)C1CCCCN1. The summed E-state index contributed by atoms with van der Waals surface area (Å²) >= 11 is 0. The van der Waals surface area contributed by atoms with E-state index in [0.29, 0.717) is 6.54 Å². The van der Waals surface area contributed by atoms with Crippen LogP contribution in [0.15, 0.2) is 42.5 Å². The lowest BCUT2D eigenvalue weighted by molar-refractivity contribution is -0.123. The third kappa shape index (κ3) is 3.74. The Kier molecular flexibility index (Phi) is 5.59. The fraction of sp³-hybridized carbons (Fsp3) is 0.353. The van der Waals surface area contributed by atoms with Crippen LogP contribution >= 0.6 is 12.4 Å². The zero-order chi connectivity index (χ0) is 13.8. The molecule has 0 aliphatic carbocycles. The first-order valence-corrected chi connectivity index (χ1v) is 7.32. The highest BCUT2D eigenvalue weighted by Gasteiger charge is 2.19. The van der Waals surface area contributed by atoms with E-state index in [0.717, 1.165) is 19.4 Å². The van der Waals surface area contributed by atoms with Gasteiger partial charge in [0.15, 0.2) is 0 Å². The van der Waals surface area contributed by atoms with E-state index >= 15 is 0 Å². The molecule has 0 saturated carbocycles. The quantitative estimate of drug-likeness (QED) is 0.915. The molecule has 2 aromatic rings. The van der Waals surface area contributed by atoms with Gasteiger partial charge in [0.25, 0.3) is 0 Å². The molecule has 2 aromatic carbocycles. The van der Waals surface area contributed by atoms with E-state index in [2.05, 4.69) is 34.9 Å². The highest BCUT2D eigenvalue weighted by molar-refractivity contribution is 5.87. The Morgan fingerprint density at radius 2 is 1.95 bits per heavy atom. The maximum absolute atomic E-state index is 12.1. The number of carbonyl (C=O) groups excluding carboxylic acids is 1. The van der Waals surface area contributed by atoms with Crippen molar-refractivity contribution in [3.8, 4) is 0 Å². The molecule has 112 valence electrons. The first kappa shape index (κ1) is 15.8. The number of piperidine rings is 1. The number of benzene rings is 2. The molecule has 1 atom stereocenters. The van der Waals surface area contributed by atoms with Gasteiger partial charge in [0.05, 0.1) is 6.04 Å². The van der Waals surface area contributed by atoms with Gasteiger partial charge in [-0.05, 0) is 35.7 Å². The molecule has 3 rings (SSSR count). The Hall–Kier alpha value is -1.58. The number of fused-ring (bicyclic) bond motifs is 1. The lowest BCUT2D eigenvalue weighted by atomic mass is 10.0. The van der Waals surface area contributed by atoms with Gasteiger partial charge in [0.1, 0.15) is 0 Å². The normalized spacial score (nSPS) is 18.0. The summed E-state index contributed by atoms with van der Waals surface area (Å²) in [5.41, 5.74) is 1.17. The minimum Gasteiger partial charge on any atom is -0.351 e. The first-order chi connectivity index (χ1) is 9.84. The Morgan fingerprint density at radius 1 is 1.14 bits per heavy atom. The van der Waals surface area contributed by atoms with E-state index in [1.54, 1.807) is 0 Å². The molecule has 0 aromatic heterocycles. The fourth-order valence-electron chi connectivity index (χ4n) is 2.83. The highest BCUT2D eigenvalue weighted by Crippen LogP contribution is 2.18. The molecule has 1 aliphatic rings. The fourth-order valence-corrected chi connectivity index (χ4v) is 2.83. The number of amides is 1. The number of nitrogens with one attached hydrogen (secondary N) is 2. The summed E-state index contributed by atoms with van der Waals surface area (Å²) < 4.78 is 0. The van der Waals surface area contributed by atoms with Crippen molar-refractivity contribution in [3.63, 3.8) is 0 Å². The van der Waals surface area contributed by atoms with Crippen molar-refractivity contribution >= 4 is 29.1 Å². The van der Waals surface area contributed by atoms with E-state index in [1.165, 1.54) is 22.8 Å². The van der Waals surface area contributed by atoms with Crippen LogP contribution in [0.2, 0.25) is 0 Å². The van der Waals surface area contributed by atoms with Gasteiger partial charge in [-0.25, -0.2) is 0 Å². The number of hydrogen-bond donors (Lipinski definition) is 2. The van der Waals surface area contributed by atoms with Crippen LogP contribution in [0.3, 0.4) is 0 Å². The molecule has 2 N–H and O–H groups in total. The monoisotopic (exact) mass is 304 g/mol. The largest absolute Gasteiger partial charge is 0.351 e. The van der Waals surface area contributed by atoms with Gasteiger partial charge in [0.2, 0.25) is 5.91 Å². The number of rotatable bonds is 3. The van der Waals surface area contributed by atoms with Crippen LogP contribution < -0.4 is 10.6 Å². The summed E-state index contributed by atoms with van der Waals surface area (Å²) in [7, 11) is 0. The molecule has 1 aliphatic heterocycles. The smallest absolute Gasteiger partial charge is 0.237 e. The molecule has 3 nitrogen and oxygen atoms in total. The van der Waals surface area contributed by atoms with Crippen molar-refractivity contribution < 1.29 is 4.79 Å². The molecule has 0 bridgehead atoms. The van der Waals surface area contributed by atoms with Crippen molar-refractivity contribution in [2.75, 3.05) is 6.54 Å². The molecule has 4 heteroatoms. The maximum Gasteiger partial charge on any atom is 0.237 e. The first-order valence-electron chi connectivity index (χ1n) is 7.32. The molecule has 0 radical (unpaired) electrons. The van der Waals surface area contributed by atoms with Crippen LogP contribution in [0, 0.1) is 0 Å². The molecule has 1 amide bonds. The van der Waals surface area contributed by atoms with Crippen LogP contribution in [0.1, 0.15) is 24.8 Å². The van der Waals surface area contributed by atoms with E-state index < -0.39 is 0 Å². The zero-order valence-corrected chi connectivity index (χ0v) is 12.8. The summed E-state index contributed by atoms with van der Waals surface area (Å²) in [5.74, 6) is 0.123. The van der Waals surface area contributed by atoms with Crippen LogP contribution in [0.5, 0.6) is 0 Å². The van der Waals surface area contributed by atoms with Crippen LogP contribution in [-0.4, -0.2) is 18.5 Å². The second-order valence-electron chi connectivity index (χ2n) is 5.36. The van der Waals surface area contributed by atoms with Gasteiger partial charge in [-0.1, -0.05) is 48.9 Å². The minimum absolute atomic E-state index is 0. The van der Waals surface area contributed by atoms with Crippen molar-refractivity contribution in [1.29, 1.82) is 0 Å². The van der Waals surface area contributed by atoms with Gasteiger partial charge >= 0.3 is 0 Å². The van der Waals surface area contributed by atoms with Crippen LogP contribution in [0.4, 0.5) is 0 Å². The van der Waals surface area contributed by atoms with E-state index in [4.69, 9.17) is 0 Å². The minimum atomic E-state index is -0.0151. The summed E-state index contributed by atoms with van der Waals surface area (Å²) in [6.45, 7) is 1.55. The standard InChI is InChI=1S/C17H20N2O.ClH/c20-17(16-10-3-4-11-18-16)19-12-14-8-5-7-13-6-1-2-9-15(13)14;/h1-2,5-9,16,18H,3-4,10-12H2,(H,19,20);1H. The summed E-state index contributed by atoms with van der Waals surface area (Å²) in [4.78, 5) is 12.1. The predicted octanol–water partition coefficient (Wildman–Crippen LogP) is 3.02. The summed E-state index contributed by atoms with van der Waals surface area (Å²) in [6, 6.07) is 14.5. The van der Waals surface area contributed by atoms with E-state index in [-0.39, 0.29) is 24.4 Å². The van der Waals surface area contributed by atoms with Gasteiger partial charge in [0, 0.05) is 6.54 Å². The lowest BCUT2D eigenvalue weighted by Gasteiger charge is -2.22. The van der Waals surface area contributed by atoms with Crippen LogP contribution in [-0.2, 0) is 11.3 Å². The van der Waals surface area contributed by atoms with Gasteiger partial charge in [-0.3, -0.25) is 4.79 Å². The average Bonchev–Trinajstić information content (AvgIpc) is 2.53. The molecule has 21 heavy (non-hydrogen) atoms. The molecule has 1 fully saturated rings. The maximum atomic E-state index is 12.1. The van der Waals surface area contributed by atoms with Crippen molar-refractivity contribution in [2.45, 2.75) is 31.8 Å². The Morgan fingerprint density at radius 3 is 2.76 bits per heavy atom. The molecule has 0 spiro atoms. The Labute approximate surface area is 131 Å². The Bertz CT molecular complexity index is 603. The summed E-state index contributed by atoms with van der Waals surface area (Å²) in [5, 5.41) is 8.77. The van der Waals surface area contributed by atoms with Crippen molar-refractivity contribution in [1.82, 2.24) is 10.6 Å². The molecular weight excluding hydrogens is 284 g/mol. The Balaban J connectivity index is 0.00000161. The number of hydrogen-bond acceptors (Lipinski definition) is 2. The van der Waals surface area contributed by atoms with Crippen LogP contribution in [0.25, 0.3) is 10.8 Å². The molecule has 1 heterocycles. The van der Waals surface area contributed by atoms with Gasteiger partial charge < -0.3 is 10.6 Å². The second kappa shape index (κ2) is 7.43. The average molecular weight is 305 g/mol. The number of halogens is 1. The molecular formula is C17H21ClN2O. The zero-order valence-electron chi connectivity index (χ0n) is 12.0. The van der Waals surface area contributed by atoms with Crippen molar-refractivity contribution in [2.24, 2.45) is 0 Å². The van der Waals surface area contributed by atoms with Gasteiger partial charge in [-0.15, -0.1) is 12.4 Å². The molecule has 1 unspecified atom stereocenters. The third-order valence-electron chi connectivity index (χ3n) is 3.96. The highest BCUT2D eigenvalue weighted by atomic mass is 35.5. The van der Waals surface area contributed by atoms with E-state index in [1.807, 2.05) is 18.2 Å². The van der Waals surface area contributed by atoms with E-state index in [9.17, 15) is 4.79 Å². The summed E-state index contributed by atoms with van der Waals surface area (Å²) in [6.07, 6.45) is 3.26. The third-order valence-corrected chi connectivity index (χ3v) is 3.96. The molecule has 1 saturated heterocycles. The second-order valence-corrected chi connectivity index (χ2v) is 5.36. The lowest BCUT2D eigenvalue weighted by Crippen LogP contribution is -2.46.